The lowest BCUT2D eigenvalue weighted by molar-refractivity contribution is -0.122. The molecule has 1 saturated heterocycles. The molecule has 1 aliphatic rings. The van der Waals surface area contributed by atoms with Gasteiger partial charge in [-0.1, -0.05) is 60.2 Å². The molecule has 7 nitrogen and oxygen atoms in total. The van der Waals surface area contributed by atoms with Gasteiger partial charge in [0, 0.05) is 5.56 Å². The first-order valence-electron chi connectivity index (χ1n) is 13.4. The molecule has 0 saturated carbocycles. The van der Waals surface area contributed by atoms with Gasteiger partial charge in [0.1, 0.15) is 12.2 Å². The Morgan fingerprint density at radius 1 is 0.902 bits per heavy atom. The Balaban J connectivity index is 1.49. The van der Waals surface area contributed by atoms with E-state index in [9.17, 15) is 14.4 Å². The number of aryl methyl sites for hydroxylation is 1. The molecule has 0 atom stereocenters. The molecule has 1 aliphatic heterocycles. The van der Waals surface area contributed by atoms with Crippen molar-refractivity contribution in [2.24, 2.45) is 0 Å². The average Bonchev–Trinajstić information content (AvgIpc) is 2.96. The molecule has 1 N–H and O–H groups in total. The average molecular weight is 547 g/mol. The van der Waals surface area contributed by atoms with Crippen molar-refractivity contribution in [2.45, 2.75) is 26.9 Å². The molecular weight excluding hydrogens is 516 g/mol. The number of rotatable bonds is 9. The minimum absolute atomic E-state index is 0.165. The molecule has 206 valence electrons. The highest BCUT2D eigenvalue weighted by molar-refractivity contribution is 6.39. The van der Waals surface area contributed by atoms with Crippen LogP contribution in [0.4, 0.5) is 10.5 Å². The summed E-state index contributed by atoms with van der Waals surface area (Å²) in [5.74, 6) is -0.418. The summed E-state index contributed by atoms with van der Waals surface area (Å²) in [5, 5.41) is 4.55. The van der Waals surface area contributed by atoms with Crippen LogP contribution in [-0.4, -0.2) is 24.5 Å². The minimum atomic E-state index is -0.791. The van der Waals surface area contributed by atoms with Gasteiger partial charge in [-0.3, -0.25) is 14.9 Å². The molecule has 41 heavy (non-hydrogen) atoms. The first-order valence-corrected chi connectivity index (χ1v) is 13.4. The number of amides is 4. The van der Waals surface area contributed by atoms with Crippen molar-refractivity contribution in [1.29, 1.82) is 0 Å². The van der Waals surface area contributed by atoms with Crippen LogP contribution in [0, 0.1) is 6.92 Å². The maximum atomic E-state index is 13.4. The smallest absolute Gasteiger partial charge is 0.335 e. The zero-order valence-electron chi connectivity index (χ0n) is 23.0. The van der Waals surface area contributed by atoms with Crippen LogP contribution in [0.2, 0.25) is 0 Å². The topological polar surface area (TPSA) is 84.9 Å². The van der Waals surface area contributed by atoms with Crippen LogP contribution in [0.15, 0.2) is 97.1 Å². The van der Waals surface area contributed by atoms with E-state index in [0.29, 0.717) is 42.4 Å². The number of hydrogen-bond acceptors (Lipinski definition) is 5. The van der Waals surface area contributed by atoms with Gasteiger partial charge < -0.3 is 9.47 Å². The summed E-state index contributed by atoms with van der Waals surface area (Å²) >= 11 is 0. The summed E-state index contributed by atoms with van der Waals surface area (Å²) in [4.78, 5) is 39.7. The van der Waals surface area contributed by atoms with Crippen LogP contribution in [0.25, 0.3) is 16.8 Å². The second-order valence-corrected chi connectivity index (χ2v) is 9.70. The predicted molar refractivity (Wildman–Crippen MR) is 160 cm³/mol. The van der Waals surface area contributed by atoms with Gasteiger partial charge in [-0.05, 0) is 78.6 Å². The fraction of sp³-hybridized carbons (Fsp3) is 0.147. The number of anilines is 1. The normalized spacial score (nSPS) is 14.3. The lowest BCUT2D eigenvalue weighted by Gasteiger charge is -2.26. The third kappa shape index (κ3) is 5.89. The Hall–Kier alpha value is -5.17. The van der Waals surface area contributed by atoms with Crippen molar-refractivity contribution in [3.05, 3.63) is 119 Å². The first kappa shape index (κ1) is 27.4. The lowest BCUT2D eigenvalue weighted by atomic mass is 10.0. The number of allylic oxidation sites excluding steroid dienone is 1. The fourth-order valence-corrected chi connectivity index (χ4v) is 4.74. The quantitative estimate of drug-likeness (QED) is 0.147. The van der Waals surface area contributed by atoms with E-state index in [2.05, 4.69) is 36.2 Å². The maximum absolute atomic E-state index is 13.4. The van der Waals surface area contributed by atoms with Crippen LogP contribution in [-0.2, 0) is 22.6 Å². The summed E-state index contributed by atoms with van der Waals surface area (Å²) < 4.78 is 12.2. The number of hydrogen-bond donors (Lipinski definition) is 1. The van der Waals surface area contributed by atoms with Gasteiger partial charge in [-0.15, -0.1) is 6.58 Å². The number of fused-ring (bicyclic) bond motifs is 1. The van der Waals surface area contributed by atoms with Gasteiger partial charge in [0.25, 0.3) is 11.8 Å². The highest BCUT2D eigenvalue weighted by Gasteiger charge is 2.36. The van der Waals surface area contributed by atoms with E-state index in [1.54, 1.807) is 36.4 Å². The summed E-state index contributed by atoms with van der Waals surface area (Å²) in [7, 11) is 0. The fourth-order valence-electron chi connectivity index (χ4n) is 4.74. The monoisotopic (exact) mass is 546 g/mol. The maximum Gasteiger partial charge on any atom is 0.335 e. The van der Waals surface area contributed by atoms with Gasteiger partial charge in [-0.2, -0.15) is 0 Å². The van der Waals surface area contributed by atoms with E-state index in [4.69, 9.17) is 9.47 Å². The molecule has 0 bridgehead atoms. The molecule has 0 aliphatic carbocycles. The Morgan fingerprint density at radius 3 is 2.39 bits per heavy atom. The van der Waals surface area contributed by atoms with Crippen LogP contribution in [0.1, 0.15) is 29.2 Å². The second kappa shape index (κ2) is 11.9. The second-order valence-electron chi connectivity index (χ2n) is 9.70. The molecule has 4 amide bonds. The minimum Gasteiger partial charge on any atom is -0.490 e. The van der Waals surface area contributed by atoms with Gasteiger partial charge >= 0.3 is 6.03 Å². The van der Waals surface area contributed by atoms with Crippen LogP contribution < -0.4 is 19.7 Å². The van der Waals surface area contributed by atoms with Crippen LogP contribution >= 0.6 is 0 Å². The molecule has 1 heterocycles. The van der Waals surface area contributed by atoms with E-state index in [0.717, 1.165) is 32.4 Å². The summed E-state index contributed by atoms with van der Waals surface area (Å²) in [6, 6.07) is 24.0. The van der Waals surface area contributed by atoms with E-state index in [1.807, 2.05) is 38.1 Å². The number of nitrogens with one attached hydrogen (secondary N) is 1. The summed E-state index contributed by atoms with van der Waals surface area (Å²) in [6.45, 7) is 8.36. The Bertz CT molecular complexity index is 1690. The van der Waals surface area contributed by atoms with Crippen LogP contribution in [0.3, 0.4) is 0 Å². The molecule has 7 heteroatoms. The highest BCUT2D eigenvalue weighted by atomic mass is 16.5. The number of imide groups is 2. The van der Waals surface area contributed by atoms with Crippen molar-refractivity contribution in [2.75, 3.05) is 11.5 Å². The van der Waals surface area contributed by atoms with E-state index in [-0.39, 0.29) is 5.57 Å². The largest absolute Gasteiger partial charge is 0.490 e. The first-order chi connectivity index (χ1) is 19.9. The number of ether oxygens (including phenoxy) is 2. The van der Waals surface area contributed by atoms with Gasteiger partial charge in [0.15, 0.2) is 11.5 Å². The zero-order chi connectivity index (χ0) is 28.9. The lowest BCUT2D eigenvalue weighted by Crippen LogP contribution is -2.54. The van der Waals surface area contributed by atoms with E-state index in [1.165, 1.54) is 6.08 Å². The molecular formula is C34H30N2O5. The van der Waals surface area contributed by atoms with Crippen molar-refractivity contribution in [3.63, 3.8) is 0 Å². The summed E-state index contributed by atoms with van der Waals surface area (Å²) in [5.41, 5.74) is 3.53. The van der Waals surface area contributed by atoms with E-state index < -0.39 is 17.8 Å². The molecule has 5 rings (SSSR count). The van der Waals surface area contributed by atoms with Crippen molar-refractivity contribution in [3.8, 4) is 11.5 Å². The van der Waals surface area contributed by atoms with Crippen molar-refractivity contribution < 1.29 is 23.9 Å². The van der Waals surface area contributed by atoms with Gasteiger partial charge in [0.05, 0.1) is 12.3 Å². The number of carbonyl (C=O) groups is 3. The SMILES string of the molecule is C=CCc1cc(/C=C2\C(=O)NC(=O)N(c3ccc(C)cc3)C2=O)cc(OCC)c1OCc1ccc2ccccc2c1. The van der Waals surface area contributed by atoms with Gasteiger partial charge in [-0.25, -0.2) is 9.69 Å². The third-order valence-corrected chi connectivity index (χ3v) is 6.72. The number of carbonyl (C=O) groups excluding carboxylic acids is 3. The number of urea groups is 1. The van der Waals surface area contributed by atoms with Gasteiger partial charge in [0.2, 0.25) is 0 Å². The Labute approximate surface area is 238 Å². The third-order valence-electron chi connectivity index (χ3n) is 6.72. The molecule has 0 radical (unpaired) electrons. The van der Waals surface area contributed by atoms with E-state index >= 15 is 0 Å². The highest BCUT2D eigenvalue weighted by Crippen LogP contribution is 2.36. The number of benzene rings is 4. The molecule has 1 fully saturated rings. The summed E-state index contributed by atoms with van der Waals surface area (Å²) in [6.07, 6.45) is 3.69. The molecule has 4 aromatic carbocycles. The number of nitrogens with zero attached hydrogens (tertiary/aromatic N) is 1. The van der Waals surface area contributed by atoms with Crippen LogP contribution in [0.5, 0.6) is 11.5 Å². The predicted octanol–water partition coefficient (Wildman–Crippen LogP) is 6.52. The molecule has 4 aromatic rings. The molecule has 0 aromatic heterocycles. The standard InChI is InChI=1S/C34H30N2O5/c1-4-8-27-18-24(19-29-32(37)35-34(39)36(33(29)38)28-15-11-22(3)12-16-28)20-30(40-5-2)31(27)41-21-23-13-14-25-9-6-7-10-26(25)17-23/h4,6-7,9-20H,1,5,8,21H2,2-3H3,(H,35,37,39)/b29-19+. The zero-order valence-corrected chi connectivity index (χ0v) is 23.0. The number of barbiturate groups is 1. The Morgan fingerprint density at radius 2 is 1.66 bits per heavy atom. The molecule has 0 spiro atoms. The van der Waals surface area contributed by atoms with Crippen molar-refractivity contribution >= 4 is 40.4 Å². The Kier molecular flexibility index (Phi) is 7.97. The molecule has 0 unspecified atom stereocenters. The van der Waals surface area contributed by atoms with Crippen molar-refractivity contribution in [1.82, 2.24) is 5.32 Å².